The molecular formula is C27H30N2O6. The summed E-state index contributed by atoms with van der Waals surface area (Å²) < 4.78 is 21.3. The number of amides is 1. The fourth-order valence-corrected chi connectivity index (χ4v) is 4.07. The van der Waals surface area contributed by atoms with Crippen molar-refractivity contribution in [3.63, 3.8) is 0 Å². The van der Waals surface area contributed by atoms with E-state index in [1.54, 1.807) is 30.3 Å². The summed E-state index contributed by atoms with van der Waals surface area (Å²) in [6, 6.07) is 11.6. The SMILES string of the molecule is COc1ccc(C(=O)Oc2ccc(C=C(C#N)C(=O)NC3CCCCC3C)cc2OC)cc1OC. The van der Waals surface area contributed by atoms with E-state index in [-0.39, 0.29) is 28.7 Å². The summed E-state index contributed by atoms with van der Waals surface area (Å²) in [6.45, 7) is 2.12. The Morgan fingerprint density at radius 2 is 1.60 bits per heavy atom. The van der Waals surface area contributed by atoms with E-state index in [1.807, 2.05) is 6.07 Å². The number of carbonyl (C=O) groups excluding carboxylic acids is 2. The summed E-state index contributed by atoms with van der Waals surface area (Å²) in [6.07, 6.45) is 5.71. The molecule has 1 amide bonds. The molecule has 3 rings (SSSR count). The van der Waals surface area contributed by atoms with Crippen molar-refractivity contribution in [1.82, 2.24) is 5.32 Å². The van der Waals surface area contributed by atoms with E-state index in [2.05, 4.69) is 12.2 Å². The predicted octanol–water partition coefficient (Wildman–Crippen LogP) is 4.53. The minimum Gasteiger partial charge on any atom is -0.493 e. The van der Waals surface area contributed by atoms with Crippen molar-refractivity contribution >= 4 is 18.0 Å². The minimum absolute atomic E-state index is 0.0000934. The summed E-state index contributed by atoms with van der Waals surface area (Å²) in [4.78, 5) is 25.4. The van der Waals surface area contributed by atoms with Gasteiger partial charge in [-0.3, -0.25) is 4.79 Å². The van der Waals surface area contributed by atoms with Crippen LogP contribution >= 0.6 is 0 Å². The third-order valence-electron chi connectivity index (χ3n) is 6.11. The quantitative estimate of drug-likeness (QED) is 0.257. The van der Waals surface area contributed by atoms with Gasteiger partial charge in [0.15, 0.2) is 23.0 Å². The van der Waals surface area contributed by atoms with Crippen LogP contribution in [0.4, 0.5) is 0 Å². The molecule has 0 radical (unpaired) electrons. The lowest BCUT2D eigenvalue weighted by atomic mass is 9.86. The van der Waals surface area contributed by atoms with Crippen LogP contribution in [0, 0.1) is 17.2 Å². The van der Waals surface area contributed by atoms with Gasteiger partial charge in [0.1, 0.15) is 11.6 Å². The second kappa shape index (κ2) is 11.9. The van der Waals surface area contributed by atoms with Gasteiger partial charge in [-0.15, -0.1) is 0 Å². The van der Waals surface area contributed by atoms with Gasteiger partial charge in [0.25, 0.3) is 5.91 Å². The zero-order valence-electron chi connectivity index (χ0n) is 20.4. The largest absolute Gasteiger partial charge is 0.493 e. The monoisotopic (exact) mass is 478 g/mol. The van der Waals surface area contributed by atoms with Crippen LogP contribution < -0.4 is 24.3 Å². The average molecular weight is 479 g/mol. The molecule has 0 aliphatic heterocycles. The molecule has 1 aliphatic carbocycles. The molecule has 1 fully saturated rings. The fraction of sp³-hybridized carbons (Fsp3) is 0.370. The number of nitrogens with one attached hydrogen (secondary N) is 1. The Morgan fingerprint density at radius 1 is 0.943 bits per heavy atom. The van der Waals surface area contributed by atoms with E-state index >= 15 is 0 Å². The van der Waals surface area contributed by atoms with Crippen molar-refractivity contribution in [2.75, 3.05) is 21.3 Å². The first-order valence-electron chi connectivity index (χ1n) is 11.4. The van der Waals surface area contributed by atoms with Gasteiger partial charge in [-0.25, -0.2) is 4.79 Å². The van der Waals surface area contributed by atoms with Crippen molar-refractivity contribution in [2.24, 2.45) is 5.92 Å². The number of ether oxygens (including phenoxy) is 4. The molecule has 0 aromatic heterocycles. The molecule has 1 aliphatic rings. The third kappa shape index (κ3) is 6.33. The molecule has 2 aromatic carbocycles. The maximum Gasteiger partial charge on any atom is 0.343 e. The zero-order chi connectivity index (χ0) is 25.4. The van der Waals surface area contributed by atoms with E-state index in [4.69, 9.17) is 18.9 Å². The van der Waals surface area contributed by atoms with Gasteiger partial charge in [-0.05, 0) is 60.7 Å². The Hall–Kier alpha value is -3.99. The van der Waals surface area contributed by atoms with Gasteiger partial charge in [-0.2, -0.15) is 5.26 Å². The van der Waals surface area contributed by atoms with Gasteiger partial charge >= 0.3 is 5.97 Å². The van der Waals surface area contributed by atoms with Gasteiger partial charge in [-0.1, -0.05) is 25.8 Å². The summed E-state index contributed by atoms with van der Waals surface area (Å²) in [7, 11) is 4.43. The highest BCUT2D eigenvalue weighted by Gasteiger charge is 2.24. The summed E-state index contributed by atoms with van der Waals surface area (Å²) in [5, 5.41) is 12.6. The van der Waals surface area contributed by atoms with Crippen LogP contribution in [0.25, 0.3) is 6.08 Å². The maximum absolute atomic E-state index is 12.7. The van der Waals surface area contributed by atoms with Crippen LogP contribution in [0.3, 0.4) is 0 Å². The van der Waals surface area contributed by atoms with Crippen molar-refractivity contribution < 1.29 is 28.5 Å². The molecule has 1 N–H and O–H groups in total. The van der Waals surface area contributed by atoms with Crippen LogP contribution in [0.5, 0.6) is 23.0 Å². The second-order valence-electron chi connectivity index (χ2n) is 8.38. The van der Waals surface area contributed by atoms with E-state index in [9.17, 15) is 14.9 Å². The molecule has 184 valence electrons. The molecule has 2 aromatic rings. The molecule has 2 atom stereocenters. The lowest BCUT2D eigenvalue weighted by Crippen LogP contribution is -2.41. The van der Waals surface area contributed by atoms with Gasteiger partial charge in [0, 0.05) is 6.04 Å². The number of hydrogen-bond donors (Lipinski definition) is 1. The van der Waals surface area contributed by atoms with E-state index in [0.29, 0.717) is 23.0 Å². The molecule has 8 heteroatoms. The van der Waals surface area contributed by atoms with Crippen LogP contribution in [0.1, 0.15) is 48.5 Å². The fourth-order valence-electron chi connectivity index (χ4n) is 4.07. The minimum atomic E-state index is -0.605. The number of benzene rings is 2. The Labute approximate surface area is 205 Å². The van der Waals surface area contributed by atoms with Crippen molar-refractivity contribution in [3.05, 3.63) is 53.1 Å². The van der Waals surface area contributed by atoms with Crippen LogP contribution in [-0.2, 0) is 4.79 Å². The topological polar surface area (TPSA) is 107 Å². The average Bonchev–Trinajstić information content (AvgIpc) is 2.88. The highest BCUT2D eigenvalue weighted by Crippen LogP contribution is 2.32. The number of carbonyl (C=O) groups is 2. The van der Waals surface area contributed by atoms with Gasteiger partial charge in [0.05, 0.1) is 26.9 Å². The van der Waals surface area contributed by atoms with Crippen LogP contribution in [0.15, 0.2) is 42.0 Å². The van der Waals surface area contributed by atoms with Crippen molar-refractivity contribution in [1.29, 1.82) is 5.26 Å². The highest BCUT2D eigenvalue weighted by atomic mass is 16.6. The Kier molecular flexibility index (Phi) is 8.74. The Balaban J connectivity index is 1.77. The summed E-state index contributed by atoms with van der Waals surface area (Å²) in [5.41, 5.74) is 0.838. The van der Waals surface area contributed by atoms with Crippen LogP contribution in [0.2, 0.25) is 0 Å². The van der Waals surface area contributed by atoms with Gasteiger partial charge < -0.3 is 24.3 Å². The first-order chi connectivity index (χ1) is 16.9. The lowest BCUT2D eigenvalue weighted by Gasteiger charge is -2.29. The Bertz CT molecular complexity index is 1150. The molecule has 0 bridgehead atoms. The molecule has 8 nitrogen and oxygen atoms in total. The standard InChI is InChI=1S/C27H30N2O6/c1-17-7-5-6-8-21(17)29-26(30)20(16-28)13-18-9-11-23(24(14-18)33-3)35-27(31)19-10-12-22(32-2)25(15-19)34-4/h9-15,17,21H,5-8H2,1-4H3,(H,29,30). The number of rotatable bonds is 8. The Morgan fingerprint density at radius 3 is 2.26 bits per heavy atom. The normalized spacial score (nSPS) is 17.6. The number of hydrogen-bond acceptors (Lipinski definition) is 7. The second-order valence-corrected chi connectivity index (χ2v) is 8.38. The van der Waals surface area contributed by atoms with Crippen molar-refractivity contribution in [3.8, 4) is 29.1 Å². The molecule has 1 saturated carbocycles. The third-order valence-corrected chi connectivity index (χ3v) is 6.11. The van der Waals surface area contributed by atoms with Gasteiger partial charge in [0.2, 0.25) is 0 Å². The molecule has 0 saturated heterocycles. The number of nitrogens with zero attached hydrogens (tertiary/aromatic N) is 1. The first kappa shape index (κ1) is 25.6. The molecule has 35 heavy (non-hydrogen) atoms. The number of nitriles is 1. The van der Waals surface area contributed by atoms with Crippen LogP contribution in [-0.4, -0.2) is 39.2 Å². The molecule has 2 unspecified atom stereocenters. The molecule has 0 spiro atoms. The first-order valence-corrected chi connectivity index (χ1v) is 11.4. The van der Waals surface area contributed by atoms with E-state index in [1.165, 1.54) is 33.5 Å². The van der Waals surface area contributed by atoms with E-state index < -0.39 is 11.9 Å². The predicted molar refractivity (Wildman–Crippen MR) is 131 cm³/mol. The number of methoxy groups -OCH3 is 3. The number of esters is 1. The summed E-state index contributed by atoms with van der Waals surface area (Å²) >= 11 is 0. The lowest BCUT2D eigenvalue weighted by molar-refractivity contribution is -0.118. The zero-order valence-corrected chi connectivity index (χ0v) is 20.4. The smallest absolute Gasteiger partial charge is 0.343 e. The molecule has 0 heterocycles. The van der Waals surface area contributed by atoms with E-state index in [0.717, 1.165) is 25.7 Å². The maximum atomic E-state index is 12.7. The van der Waals surface area contributed by atoms with Crippen molar-refractivity contribution in [2.45, 2.75) is 38.6 Å². The highest BCUT2D eigenvalue weighted by molar-refractivity contribution is 6.02. The summed E-state index contributed by atoms with van der Waals surface area (Å²) in [5.74, 6) is 0.759. The molecular weight excluding hydrogens is 448 g/mol.